The Morgan fingerprint density at radius 3 is 2.73 bits per heavy atom. The van der Waals surface area contributed by atoms with Crippen LogP contribution in [0.4, 0.5) is 4.79 Å². The van der Waals surface area contributed by atoms with E-state index in [2.05, 4.69) is 46.4 Å². The number of amides is 2. The molecule has 0 aliphatic rings. The van der Waals surface area contributed by atoms with Gasteiger partial charge in [0.1, 0.15) is 24.7 Å². The summed E-state index contributed by atoms with van der Waals surface area (Å²) in [4.78, 5) is 10.7. The summed E-state index contributed by atoms with van der Waals surface area (Å²) in [5.41, 5.74) is 10.3. The smallest absolute Gasteiger partial charge is 0.332 e. The molecule has 2 amide bonds. The van der Waals surface area contributed by atoms with Crippen LogP contribution in [0.1, 0.15) is 23.6 Å². The van der Waals surface area contributed by atoms with Crippen LogP contribution in [0, 0.1) is 6.92 Å². The van der Waals surface area contributed by atoms with Crippen LogP contribution in [0.5, 0.6) is 11.5 Å². The number of ether oxygens (including phenoxy) is 2. The van der Waals surface area contributed by atoms with E-state index in [0.717, 1.165) is 16.6 Å². The molecule has 0 radical (unpaired) electrons. The Kier molecular flexibility index (Phi) is 7.47. The molecule has 2 rings (SSSR count). The molecular weight excluding hydrogens is 398 g/mol. The van der Waals surface area contributed by atoms with Gasteiger partial charge in [0.15, 0.2) is 0 Å². The lowest BCUT2D eigenvalue weighted by Gasteiger charge is -2.12. The van der Waals surface area contributed by atoms with Gasteiger partial charge in [-0.1, -0.05) is 28.9 Å². The quantitative estimate of drug-likeness (QED) is 0.387. The molecule has 3 N–H and O–H groups in total. The van der Waals surface area contributed by atoms with Crippen molar-refractivity contribution in [3.05, 3.63) is 57.6 Å². The highest BCUT2D eigenvalue weighted by atomic mass is 79.9. The van der Waals surface area contributed by atoms with Crippen molar-refractivity contribution in [2.45, 2.75) is 20.3 Å². The van der Waals surface area contributed by atoms with Crippen LogP contribution in [0.25, 0.3) is 0 Å². The van der Waals surface area contributed by atoms with Crippen molar-refractivity contribution in [3.8, 4) is 11.5 Å². The van der Waals surface area contributed by atoms with Crippen molar-refractivity contribution in [1.82, 2.24) is 5.43 Å². The first kappa shape index (κ1) is 19.8. The molecule has 138 valence electrons. The maximum atomic E-state index is 10.7. The van der Waals surface area contributed by atoms with Crippen LogP contribution in [-0.2, 0) is 6.42 Å². The minimum atomic E-state index is -0.725. The number of primary amides is 1. The second-order valence-corrected chi connectivity index (χ2v) is 6.54. The number of urea groups is 1. The summed E-state index contributed by atoms with van der Waals surface area (Å²) < 4.78 is 12.4. The lowest BCUT2D eigenvalue weighted by molar-refractivity contribution is 0.217. The van der Waals surface area contributed by atoms with E-state index in [-0.39, 0.29) is 0 Å². The van der Waals surface area contributed by atoms with Gasteiger partial charge in [-0.2, -0.15) is 5.10 Å². The van der Waals surface area contributed by atoms with Gasteiger partial charge in [0.2, 0.25) is 0 Å². The highest BCUT2D eigenvalue weighted by Crippen LogP contribution is 2.22. The molecule has 0 bridgehead atoms. The number of hydrazone groups is 1. The summed E-state index contributed by atoms with van der Waals surface area (Å²) in [5.74, 6) is 1.47. The number of rotatable bonds is 8. The number of nitrogens with zero attached hydrogens (tertiary/aromatic N) is 1. The first-order valence-electron chi connectivity index (χ1n) is 8.22. The van der Waals surface area contributed by atoms with E-state index in [9.17, 15) is 4.79 Å². The van der Waals surface area contributed by atoms with Crippen molar-refractivity contribution in [1.29, 1.82) is 0 Å². The van der Waals surface area contributed by atoms with Crippen LogP contribution in [-0.4, -0.2) is 25.5 Å². The molecule has 0 spiro atoms. The summed E-state index contributed by atoms with van der Waals surface area (Å²) in [6, 6.07) is 11.0. The normalized spacial score (nSPS) is 10.7. The summed E-state index contributed by atoms with van der Waals surface area (Å²) in [5, 5.41) is 3.77. The SMILES string of the molecule is CCc1cc(C)cc(OCCOc2ccc(Br)cc2/C=N\NC(N)=O)c1. The second kappa shape index (κ2) is 9.82. The number of benzene rings is 2. The zero-order valence-corrected chi connectivity index (χ0v) is 16.4. The number of halogens is 1. The standard InChI is InChI=1S/C19H22BrN3O3/c1-3-14-8-13(2)9-17(10-14)25-6-7-26-18-5-4-16(20)11-15(18)12-22-23-19(21)24/h4-5,8-12H,3,6-7H2,1-2H3,(H3,21,23,24)/b22-12-. The van der Waals surface area contributed by atoms with Crippen LogP contribution in [0.15, 0.2) is 46.0 Å². The average molecular weight is 420 g/mol. The maximum absolute atomic E-state index is 10.7. The number of carbonyl (C=O) groups is 1. The molecule has 0 aliphatic carbocycles. The molecule has 2 aromatic carbocycles. The van der Waals surface area contributed by atoms with Crippen molar-refractivity contribution in [2.75, 3.05) is 13.2 Å². The van der Waals surface area contributed by atoms with Crippen molar-refractivity contribution >= 4 is 28.2 Å². The van der Waals surface area contributed by atoms with Crippen LogP contribution >= 0.6 is 15.9 Å². The highest BCUT2D eigenvalue weighted by Gasteiger charge is 2.04. The van der Waals surface area contributed by atoms with Gasteiger partial charge in [-0.3, -0.25) is 0 Å². The van der Waals surface area contributed by atoms with Gasteiger partial charge in [-0.15, -0.1) is 0 Å². The summed E-state index contributed by atoms with van der Waals surface area (Å²) in [6.45, 7) is 4.96. The predicted octanol–water partition coefficient (Wildman–Crippen LogP) is 3.78. The van der Waals surface area contributed by atoms with E-state index in [1.54, 1.807) is 0 Å². The molecule has 0 aliphatic heterocycles. The van der Waals surface area contributed by atoms with E-state index in [1.165, 1.54) is 17.3 Å². The third kappa shape index (κ3) is 6.40. The lowest BCUT2D eigenvalue weighted by atomic mass is 10.1. The van der Waals surface area contributed by atoms with E-state index >= 15 is 0 Å². The van der Waals surface area contributed by atoms with Crippen molar-refractivity contribution in [3.63, 3.8) is 0 Å². The zero-order valence-electron chi connectivity index (χ0n) is 14.8. The predicted molar refractivity (Wildman–Crippen MR) is 106 cm³/mol. The van der Waals surface area contributed by atoms with Gasteiger partial charge in [-0.25, -0.2) is 10.2 Å². The monoisotopic (exact) mass is 419 g/mol. The topological polar surface area (TPSA) is 85.9 Å². The first-order valence-corrected chi connectivity index (χ1v) is 9.01. The zero-order chi connectivity index (χ0) is 18.9. The Morgan fingerprint density at radius 2 is 2.00 bits per heavy atom. The fourth-order valence-corrected chi connectivity index (χ4v) is 2.72. The fourth-order valence-electron chi connectivity index (χ4n) is 2.34. The number of nitrogens with one attached hydrogen (secondary N) is 1. The van der Waals surface area contributed by atoms with Crippen LogP contribution in [0.2, 0.25) is 0 Å². The van der Waals surface area contributed by atoms with E-state index in [4.69, 9.17) is 15.2 Å². The maximum Gasteiger partial charge on any atom is 0.332 e. The van der Waals surface area contributed by atoms with Crippen molar-refractivity contribution in [2.24, 2.45) is 10.8 Å². The third-order valence-corrected chi connectivity index (χ3v) is 3.97. The molecule has 26 heavy (non-hydrogen) atoms. The molecule has 0 saturated heterocycles. The minimum absolute atomic E-state index is 0.376. The van der Waals surface area contributed by atoms with Crippen LogP contribution in [0.3, 0.4) is 0 Å². The molecule has 0 atom stereocenters. The average Bonchev–Trinajstić information content (AvgIpc) is 2.59. The summed E-state index contributed by atoms with van der Waals surface area (Å²) >= 11 is 3.40. The van der Waals surface area contributed by atoms with E-state index < -0.39 is 6.03 Å². The van der Waals surface area contributed by atoms with Gasteiger partial charge in [0, 0.05) is 10.0 Å². The Morgan fingerprint density at radius 1 is 1.23 bits per heavy atom. The molecule has 0 fully saturated rings. The summed E-state index contributed by atoms with van der Waals surface area (Å²) in [7, 11) is 0. The van der Waals surface area contributed by atoms with Crippen molar-refractivity contribution < 1.29 is 14.3 Å². The molecule has 0 unspecified atom stereocenters. The minimum Gasteiger partial charge on any atom is -0.490 e. The Labute approximate surface area is 161 Å². The molecule has 0 saturated carbocycles. The number of aryl methyl sites for hydroxylation is 2. The van der Waals surface area contributed by atoms with E-state index in [0.29, 0.717) is 24.5 Å². The number of nitrogens with two attached hydrogens (primary N) is 1. The highest BCUT2D eigenvalue weighted by molar-refractivity contribution is 9.10. The number of carbonyl (C=O) groups excluding carboxylic acids is 1. The summed E-state index contributed by atoms with van der Waals surface area (Å²) in [6.07, 6.45) is 2.44. The Hall–Kier alpha value is -2.54. The second-order valence-electron chi connectivity index (χ2n) is 5.62. The number of hydrogen-bond acceptors (Lipinski definition) is 4. The van der Waals surface area contributed by atoms with E-state index in [1.807, 2.05) is 30.3 Å². The lowest BCUT2D eigenvalue weighted by Crippen LogP contribution is -2.24. The van der Waals surface area contributed by atoms with Crippen LogP contribution < -0.4 is 20.6 Å². The van der Waals surface area contributed by atoms with Gasteiger partial charge in [0.05, 0.1) is 6.21 Å². The largest absolute Gasteiger partial charge is 0.490 e. The number of hydrogen-bond donors (Lipinski definition) is 2. The first-order chi connectivity index (χ1) is 12.5. The molecular formula is C19H22BrN3O3. The van der Waals surface area contributed by atoms with Gasteiger partial charge < -0.3 is 15.2 Å². The Balaban J connectivity index is 1.94. The van der Waals surface area contributed by atoms with Gasteiger partial charge >= 0.3 is 6.03 Å². The fraction of sp³-hybridized carbons (Fsp3) is 0.263. The molecule has 0 aromatic heterocycles. The third-order valence-electron chi connectivity index (χ3n) is 3.48. The van der Waals surface area contributed by atoms with Gasteiger partial charge in [-0.05, 0) is 54.8 Å². The molecule has 6 nitrogen and oxygen atoms in total. The van der Waals surface area contributed by atoms with Gasteiger partial charge in [0.25, 0.3) is 0 Å². The molecule has 0 heterocycles. The molecule has 7 heteroatoms. The Bertz CT molecular complexity index is 794. The molecule has 2 aromatic rings.